The van der Waals surface area contributed by atoms with E-state index in [0.29, 0.717) is 5.56 Å². The minimum Gasteiger partial charge on any atom is -0.435 e. The van der Waals surface area contributed by atoms with Crippen molar-refractivity contribution in [2.75, 3.05) is 13.7 Å². The number of methoxy groups -OCH3 is 1. The lowest BCUT2D eigenvalue weighted by molar-refractivity contribution is -0.120. The molecule has 0 aliphatic rings. The Morgan fingerprint density at radius 3 is 2.47 bits per heavy atom. The average Bonchev–Trinajstić information content (AvgIpc) is 2.38. The van der Waals surface area contributed by atoms with Gasteiger partial charge in [-0.25, -0.2) is 0 Å². The molecule has 102 valence electrons. The summed E-state index contributed by atoms with van der Waals surface area (Å²) in [6, 6.07) is 7.35. The molecule has 19 heavy (non-hydrogen) atoms. The largest absolute Gasteiger partial charge is 0.435 e. The normalized spacial score (nSPS) is 11.9. The van der Waals surface area contributed by atoms with Crippen molar-refractivity contribution >= 4 is 5.78 Å². The van der Waals surface area contributed by atoms with Crippen LogP contribution in [-0.2, 0) is 9.53 Å². The van der Waals surface area contributed by atoms with Crippen LogP contribution >= 0.6 is 0 Å². The van der Waals surface area contributed by atoms with Gasteiger partial charge in [0.1, 0.15) is 11.7 Å². The van der Waals surface area contributed by atoms with Gasteiger partial charge >= 0.3 is 6.61 Å². The minimum atomic E-state index is -2.90. The summed E-state index contributed by atoms with van der Waals surface area (Å²) in [5, 5.41) is 9.00. The van der Waals surface area contributed by atoms with Gasteiger partial charge in [0.05, 0.1) is 12.7 Å². The summed E-state index contributed by atoms with van der Waals surface area (Å²) in [5.41, 5.74) is 0.449. The third-order valence-corrected chi connectivity index (χ3v) is 2.44. The number of nitrogens with zero attached hydrogens (tertiary/aromatic N) is 1. The molecule has 1 atom stereocenters. The van der Waals surface area contributed by atoms with Crippen LogP contribution < -0.4 is 4.74 Å². The summed E-state index contributed by atoms with van der Waals surface area (Å²) < 4.78 is 32.9. The van der Waals surface area contributed by atoms with Crippen LogP contribution in [0, 0.1) is 11.3 Å². The molecule has 0 N–H and O–H groups in total. The summed E-state index contributed by atoms with van der Waals surface area (Å²) in [4.78, 5) is 11.7. The van der Waals surface area contributed by atoms with E-state index < -0.39 is 12.5 Å². The number of ketones is 1. The van der Waals surface area contributed by atoms with Crippen molar-refractivity contribution in [1.82, 2.24) is 0 Å². The van der Waals surface area contributed by atoms with Gasteiger partial charge in [0.25, 0.3) is 0 Å². The summed E-state index contributed by atoms with van der Waals surface area (Å²) in [7, 11) is 1.46. The number of carbonyl (C=O) groups is 1. The van der Waals surface area contributed by atoms with Crippen LogP contribution in [0.2, 0.25) is 0 Å². The van der Waals surface area contributed by atoms with E-state index in [1.807, 2.05) is 6.07 Å². The number of halogens is 2. The number of hydrogen-bond donors (Lipinski definition) is 0. The van der Waals surface area contributed by atoms with E-state index >= 15 is 0 Å². The highest BCUT2D eigenvalue weighted by Crippen LogP contribution is 2.22. The number of benzene rings is 1. The molecule has 4 nitrogen and oxygen atoms in total. The fourth-order valence-electron chi connectivity index (χ4n) is 1.52. The van der Waals surface area contributed by atoms with Crippen molar-refractivity contribution in [2.45, 2.75) is 19.0 Å². The molecule has 1 aromatic rings. The maximum Gasteiger partial charge on any atom is 0.387 e. The minimum absolute atomic E-state index is 0.0141. The highest BCUT2D eigenvalue weighted by molar-refractivity contribution is 5.88. The Balaban J connectivity index is 2.77. The topological polar surface area (TPSA) is 59.3 Å². The monoisotopic (exact) mass is 269 g/mol. The molecule has 1 rings (SSSR count). The molecule has 1 unspecified atom stereocenters. The van der Waals surface area contributed by atoms with Crippen LogP contribution in [0.25, 0.3) is 0 Å². The molecule has 0 saturated carbocycles. The third kappa shape index (κ3) is 4.64. The summed E-state index contributed by atoms with van der Waals surface area (Å²) in [6.45, 7) is -2.66. The summed E-state index contributed by atoms with van der Waals surface area (Å²) >= 11 is 0. The lowest BCUT2D eigenvalue weighted by atomic mass is 9.94. The molecule has 0 bridgehead atoms. The van der Waals surface area contributed by atoms with E-state index in [9.17, 15) is 13.6 Å². The average molecular weight is 269 g/mol. The van der Waals surface area contributed by atoms with Gasteiger partial charge in [0.2, 0.25) is 0 Å². The van der Waals surface area contributed by atoms with Crippen LogP contribution in [0.1, 0.15) is 17.9 Å². The Labute approximate surface area is 109 Å². The number of Topliss-reactive ketones (excluding diaryl/α,β-unsaturated/α-hetero) is 1. The quantitative estimate of drug-likeness (QED) is 0.763. The lowest BCUT2D eigenvalue weighted by Gasteiger charge is -2.09. The zero-order valence-electron chi connectivity index (χ0n) is 10.3. The molecule has 1 aromatic carbocycles. The second-order valence-electron chi connectivity index (χ2n) is 3.72. The smallest absolute Gasteiger partial charge is 0.387 e. The zero-order chi connectivity index (χ0) is 14.3. The second kappa shape index (κ2) is 7.44. The Bertz CT molecular complexity index is 454. The second-order valence-corrected chi connectivity index (χ2v) is 3.72. The SMILES string of the molecule is COCCC(=O)C(C#N)c1ccc(OC(F)F)cc1. The number of ether oxygens (including phenoxy) is 2. The molecule has 0 heterocycles. The fraction of sp³-hybridized carbons (Fsp3) is 0.385. The van der Waals surface area contributed by atoms with Crippen molar-refractivity contribution in [3.8, 4) is 11.8 Å². The van der Waals surface area contributed by atoms with E-state index in [4.69, 9.17) is 10.00 Å². The maximum absolute atomic E-state index is 12.0. The van der Waals surface area contributed by atoms with Crippen molar-refractivity contribution in [1.29, 1.82) is 5.26 Å². The zero-order valence-corrected chi connectivity index (χ0v) is 10.3. The fourth-order valence-corrected chi connectivity index (χ4v) is 1.52. The van der Waals surface area contributed by atoms with Crippen molar-refractivity contribution in [2.24, 2.45) is 0 Å². The molecule has 0 radical (unpaired) electrons. The highest BCUT2D eigenvalue weighted by Gasteiger charge is 2.19. The van der Waals surface area contributed by atoms with E-state index in [1.54, 1.807) is 0 Å². The Morgan fingerprint density at radius 1 is 1.37 bits per heavy atom. The van der Waals surface area contributed by atoms with E-state index in [1.165, 1.54) is 31.4 Å². The predicted molar refractivity (Wildman–Crippen MR) is 62.9 cm³/mol. The van der Waals surface area contributed by atoms with Gasteiger partial charge in [-0.15, -0.1) is 0 Å². The van der Waals surface area contributed by atoms with Gasteiger partial charge in [-0.1, -0.05) is 12.1 Å². The van der Waals surface area contributed by atoms with Gasteiger partial charge in [0, 0.05) is 13.5 Å². The number of alkyl halides is 2. The number of carbonyl (C=O) groups excluding carboxylic acids is 1. The third-order valence-electron chi connectivity index (χ3n) is 2.44. The van der Waals surface area contributed by atoms with E-state index in [2.05, 4.69) is 4.74 Å². The number of rotatable bonds is 7. The Kier molecular flexibility index (Phi) is 5.90. The predicted octanol–water partition coefficient (Wildman–Crippen LogP) is 2.50. The molecule has 0 fully saturated rings. The summed E-state index contributed by atoms with van der Waals surface area (Å²) in [6.07, 6.45) is 0.129. The first-order valence-corrected chi connectivity index (χ1v) is 5.54. The standard InChI is InChI=1S/C13H13F2NO3/c1-18-7-6-12(17)11(8-16)9-2-4-10(5-3-9)19-13(14)15/h2-5,11,13H,6-7H2,1H3. The molecular formula is C13H13F2NO3. The molecule has 0 saturated heterocycles. The van der Waals surface area contributed by atoms with Gasteiger partial charge in [0.15, 0.2) is 5.78 Å². The van der Waals surface area contributed by atoms with Gasteiger partial charge < -0.3 is 9.47 Å². The molecule has 0 aliphatic heterocycles. The van der Waals surface area contributed by atoms with Crippen LogP contribution in [0.4, 0.5) is 8.78 Å². The number of nitriles is 1. The maximum atomic E-state index is 12.0. The number of hydrogen-bond acceptors (Lipinski definition) is 4. The molecule has 0 spiro atoms. The molecule has 0 amide bonds. The van der Waals surface area contributed by atoms with Crippen molar-refractivity contribution < 1.29 is 23.0 Å². The van der Waals surface area contributed by atoms with Crippen LogP contribution in [0.15, 0.2) is 24.3 Å². The molecule has 0 aromatic heterocycles. The lowest BCUT2D eigenvalue weighted by Crippen LogP contribution is -2.13. The van der Waals surface area contributed by atoms with Crippen molar-refractivity contribution in [3.63, 3.8) is 0 Å². The Morgan fingerprint density at radius 2 is 2.00 bits per heavy atom. The first kappa shape index (κ1) is 15.1. The molecule has 6 heteroatoms. The van der Waals surface area contributed by atoms with Crippen molar-refractivity contribution in [3.05, 3.63) is 29.8 Å². The van der Waals surface area contributed by atoms with E-state index in [-0.39, 0.29) is 24.6 Å². The highest BCUT2D eigenvalue weighted by atomic mass is 19.3. The molecular weight excluding hydrogens is 256 g/mol. The first-order chi connectivity index (χ1) is 9.08. The molecule has 0 aliphatic carbocycles. The van der Waals surface area contributed by atoms with Gasteiger partial charge in [-0.3, -0.25) is 4.79 Å². The van der Waals surface area contributed by atoms with E-state index in [0.717, 1.165) is 0 Å². The van der Waals surface area contributed by atoms with Gasteiger partial charge in [-0.05, 0) is 17.7 Å². The Hall–Kier alpha value is -2.00. The summed E-state index contributed by atoms with van der Waals surface area (Å²) in [5.74, 6) is -1.21. The first-order valence-electron chi connectivity index (χ1n) is 5.54. The van der Waals surface area contributed by atoms with Crippen LogP contribution in [0.5, 0.6) is 5.75 Å². The van der Waals surface area contributed by atoms with Gasteiger partial charge in [-0.2, -0.15) is 14.0 Å². The van der Waals surface area contributed by atoms with Crippen LogP contribution in [-0.4, -0.2) is 26.1 Å². The van der Waals surface area contributed by atoms with Crippen LogP contribution in [0.3, 0.4) is 0 Å².